The average Bonchev–Trinajstić information content (AvgIpc) is 3.65. The number of benzene rings is 1. The molecule has 5 aromatic rings. The molecule has 9 nitrogen and oxygen atoms in total. The summed E-state index contributed by atoms with van der Waals surface area (Å²) >= 11 is 0. The zero-order chi connectivity index (χ0) is 27.5. The van der Waals surface area contributed by atoms with Gasteiger partial charge in [-0.05, 0) is 29.7 Å². The van der Waals surface area contributed by atoms with Crippen molar-refractivity contribution >= 4 is 11.3 Å². The third-order valence-electron chi connectivity index (χ3n) is 7.51. The van der Waals surface area contributed by atoms with Crippen LogP contribution < -0.4 is 4.90 Å². The third kappa shape index (κ3) is 5.32. The number of anilines is 1. The minimum Gasteiger partial charge on any atom is -0.396 e. The lowest BCUT2D eigenvalue weighted by Gasteiger charge is -2.35. The minimum absolute atomic E-state index is 0.113. The van der Waals surface area contributed by atoms with Crippen LogP contribution in [0.15, 0.2) is 79.5 Å². The van der Waals surface area contributed by atoms with E-state index < -0.39 is 0 Å². The van der Waals surface area contributed by atoms with Crippen LogP contribution in [0.1, 0.15) is 18.1 Å². The molecule has 0 bridgehead atoms. The van der Waals surface area contributed by atoms with E-state index in [1.54, 1.807) is 10.7 Å². The summed E-state index contributed by atoms with van der Waals surface area (Å²) in [6.07, 6.45) is 9.22. The van der Waals surface area contributed by atoms with Crippen molar-refractivity contribution in [2.45, 2.75) is 20.0 Å². The molecule has 1 N–H and O–H groups in total. The lowest BCUT2D eigenvalue weighted by atomic mass is 10.0. The second kappa shape index (κ2) is 11.3. The van der Waals surface area contributed by atoms with E-state index in [1.165, 1.54) is 5.56 Å². The maximum absolute atomic E-state index is 9.76. The fourth-order valence-electron chi connectivity index (χ4n) is 5.28. The van der Waals surface area contributed by atoms with E-state index in [2.05, 4.69) is 74.6 Å². The van der Waals surface area contributed by atoms with Crippen LogP contribution in [0, 0.1) is 17.2 Å². The minimum atomic E-state index is 0.113. The van der Waals surface area contributed by atoms with Crippen LogP contribution >= 0.6 is 0 Å². The number of aromatic nitrogens is 5. The van der Waals surface area contributed by atoms with Gasteiger partial charge >= 0.3 is 0 Å². The number of fused-ring (bicyclic) bond motifs is 1. The van der Waals surface area contributed by atoms with Crippen LogP contribution in [0.3, 0.4) is 0 Å². The zero-order valence-electron chi connectivity index (χ0n) is 22.6. The van der Waals surface area contributed by atoms with Crippen molar-refractivity contribution in [2.24, 2.45) is 5.92 Å². The van der Waals surface area contributed by atoms with Crippen molar-refractivity contribution < 1.29 is 5.11 Å². The Hall–Kier alpha value is -4.52. The van der Waals surface area contributed by atoms with Gasteiger partial charge in [-0.1, -0.05) is 37.3 Å². The number of nitrogens with zero attached hydrogens (tertiary/aromatic N) is 8. The van der Waals surface area contributed by atoms with Crippen molar-refractivity contribution in [1.82, 2.24) is 29.3 Å². The lowest BCUT2D eigenvalue weighted by molar-refractivity contribution is 0.219. The lowest BCUT2D eigenvalue weighted by Crippen LogP contribution is -2.46. The summed E-state index contributed by atoms with van der Waals surface area (Å²) in [7, 11) is 0. The van der Waals surface area contributed by atoms with Crippen molar-refractivity contribution in [3.8, 4) is 28.3 Å². The van der Waals surface area contributed by atoms with Gasteiger partial charge in [-0.15, -0.1) is 0 Å². The number of pyridine rings is 2. The second-order valence-electron chi connectivity index (χ2n) is 10.5. The molecule has 0 amide bonds. The molecule has 6 rings (SSSR count). The molecular weight excluding hydrogens is 500 g/mol. The molecule has 202 valence electrons. The molecule has 1 atom stereocenters. The highest BCUT2D eigenvalue weighted by Crippen LogP contribution is 2.32. The summed E-state index contributed by atoms with van der Waals surface area (Å²) in [5.41, 5.74) is 6.34. The monoisotopic (exact) mass is 532 g/mol. The van der Waals surface area contributed by atoms with Gasteiger partial charge in [-0.3, -0.25) is 9.58 Å². The smallest absolute Gasteiger partial charge is 0.128 e. The van der Waals surface area contributed by atoms with E-state index in [0.29, 0.717) is 12.1 Å². The number of hydrogen-bond acceptors (Lipinski definition) is 7. The topological polar surface area (TPSA) is 98.5 Å². The molecular formula is C31H32N8O. The zero-order valence-corrected chi connectivity index (χ0v) is 22.6. The molecule has 0 aliphatic carbocycles. The number of aliphatic hydroxyl groups excluding tert-OH is 1. The van der Waals surface area contributed by atoms with Crippen LogP contribution in [-0.4, -0.2) is 67.2 Å². The summed E-state index contributed by atoms with van der Waals surface area (Å²) in [6, 6.07) is 19.1. The Kier molecular flexibility index (Phi) is 7.27. The first-order valence-electron chi connectivity index (χ1n) is 13.6. The van der Waals surface area contributed by atoms with Crippen molar-refractivity contribution in [3.05, 3.63) is 90.6 Å². The van der Waals surface area contributed by atoms with E-state index in [9.17, 15) is 10.4 Å². The quantitative estimate of drug-likeness (QED) is 0.322. The first-order valence-corrected chi connectivity index (χ1v) is 13.6. The summed E-state index contributed by atoms with van der Waals surface area (Å²) in [5.74, 6) is 1.08. The van der Waals surface area contributed by atoms with E-state index in [1.807, 2.05) is 36.4 Å². The molecule has 1 fully saturated rings. The van der Waals surface area contributed by atoms with Crippen LogP contribution in [-0.2, 0) is 13.1 Å². The van der Waals surface area contributed by atoms with Gasteiger partial charge in [-0.2, -0.15) is 15.5 Å². The predicted molar refractivity (Wildman–Crippen MR) is 155 cm³/mol. The summed E-state index contributed by atoms with van der Waals surface area (Å²) in [4.78, 5) is 9.65. The number of rotatable bonds is 8. The van der Waals surface area contributed by atoms with Gasteiger partial charge < -0.3 is 10.0 Å². The van der Waals surface area contributed by atoms with Gasteiger partial charge in [0, 0.05) is 86.7 Å². The predicted octanol–water partition coefficient (Wildman–Crippen LogP) is 4.08. The van der Waals surface area contributed by atoms with Crippen molar-refractivity contribution in [2.75, 3.05) is 37.7 Å². The maximum Gasteiger partial charge on any atom is 0.128 e. The van der Waals surface area contributed by atoms with Crippen LogP contribution in [0.5, 0.6) is 0 Å². The van der Waals surface area contributed by atoms with Crippen molar-refractivity contribution in [3.63, 3.8) is 0 Å². The van der Waals surface area contributed by atoms with Gasteiger partial charge in [0.05, 0.1) is 23.5 Å². The molecule has 1 saturated heterocycles. The average molecular weight is 533 g/mol. The SMILES string of the molecule is C[C@@H](CO)Cn1cc(-c2cc(-c3ccc(N4CCN(Cc5ccccc5)CC4)nc3)c3c(C#N)cnn3c2)cn1. The normalized spacial score (nSPS) is 14.9. The number of hydrogen-bond donors (Lipinski definition) is 1. The Morgan fingerprint density at radius 2 is 1.75 bits per heavy atom. The van der Waals surface area contributed by atoms with Gasteiger partial charge in [-0.25, -0.2) is 9.50 Å². The number of aliphatic hydroxyl groups is 1. The molecule has 1 aromatic carbocycles. The highest BCUT2D eigenvalue weighted by molar-refractivity contribution is 5.87. The van der Waals surface area contributed by atoms with Gasteiger partial charge in [0.25, 0.3) is 0 Å². The van der Waals surface area contributed by atoms with Gasteiger partial charge in [0.2, 0.25) is 0 Å². The Bertz CT molecular complexity index is 1630. The van der Waals surface area contributed by atoms with E-state index >= 15 is 0 Å². The molecule has 5 heterocycles. The standard InChI is InChI=1S/C31H32N8O/c1-23(22-40)18-38-20-28(17-34-38)26-13-29(31-27(14-32)16-35-39(31)21-26)25-7-8-30(33-15-25)37-11-9-36(10-12-37)19-24-5-3-2-4-6-24/h2-8,13,15-17,20-21,23,40H,9-12,18-19,22H2,1H3/t23-/m1/s1. The fourth-order valence-corrected chi connectivity index (χ4v) is 5.28. The van der Waals surface area contributed by atoms with Gasteiger partial charge in [0.1, 0.15) is 11.9 Å². The van der Waals surface area contributed by atoms with E-state index in [0.717, 1.165) is 66.3 Å². The Morgan fingerprint density at radius 3 is 2.48 bits per heavy atom. The first-order chi connectivity index (χ1) is 19.6. The largest absolute Gasteiger partial charge is 0.396 e. The Balaban J connectivity index is 1.24. The van der Waals surface area contributed by atoms with Crippen LogP contribution in [0.2, 0.25) is 0 Å². The van der Waals surface area contributed by atoms with E-state index in [-0.39, 0.29) is 12.5 Å². The molecule has 0 unspecified atom stereocenters. The highest BCUT2D eigenvalue weighted by Gasteiger charge is 2.19. The number of nitriles is 1. The molecule has 4 aromatic heterocycles. The third-order valence-corrected chi connectivity index (χ3v) is 7.51. The Labute approximate surface area is 233 Å². The molecule has 1 aliphatic heterocycles. The highest BCUT2D eigenvalue weighted by atomic mass is 16.3. The maximum atomic E-state index is 9.76. The second-order valence-corrected chi connectivity index (χ2v) is 10.5. The summed E-state index contributed by atoms with van der Waals surface area (Å²) in [6.45, 7) is 7.55. The molecule has 1 aliphatic rings. The van der Waals surface area contributed by atoms with Gasteiger partial charge in [0.15, 0.2) is 0 Å². The molecule has 40 heavy (non-hydrogen) atoms. The van der Waals surface area contributed by atoms with Crippen LogP contribution in [0.25, 0.3) is 27.8 Å². The molecule has 0 spiro atoms. The van der Waals surface area contributed by atoms with Crippen LogP contribution in [0.4, 0.5) is 5.82 Å². The van der Waals surface area contributed by atoms with Crippen molar-refractivity contribution in [1.29, 1.82) is 5.26 Å². The summed E-state index contributed by atoms with van der Waals surface area (Å²) in [5, 5.41) is 28.1. The summed E-state index contributed by atoms with van der Waals surface area (Å²) < 4.78 is 3.61. The molecule has 0 saturated carbocycles. The van der Waals surface area contributed by atoms with E-state index in [4.69, 9.17) is 4.98 Å². The first kappa shape index (κ1) is 25.7. The molecule has 0 radical (unpaired) electrons. The fraction of sp³-hybridized carbons (Fsp3) is 0.290. The molecule has 9 heteroatoms. The number of piperazine rings is 1. The Morgan fingerprint density at radius 1 is 0.925 bits per heavy atom.